The van der Waals surface area contributed by atoms with Gasteiger partial charge in [-0.2, -0.15) is 0 Å². The average molecular weight is 374 g/mol. The van der Waals surface area contributed by atoms with Gasteiger partial charge in [-0.25, -0.2) is 0 Å². The summed E-state index contributed by atoms with van der Waals surface area (Å²) in [6.07, 6.45) is 3.35. The molecule has 0 N–H and O–H groups in total. The molecule has 0 bridgehead atoms. The highest BCUT2D eigenvalue weighted by molar-refractivity contribution is 7.98. The first kappa shape index (κ1) is 18.3. The standard InChI is InChI=1S/C15H17Cl2N3O2S/c1-10(21)9-22-7-3-4-14-18-19-15(23-2)20(14)13-6-5-11(16)8-12(13)17/h5-6,8H,3-4,7,9H2,1-2H3. The molecule has 0 unspecified atom stereocenters. The fourth-order valence-electron chi connectivity index (χ4n) is 2.05. The van der Waals surface area contributed by atoms with Gasteiger partial charge in [0.25, 0.3) is 0 Å². The van der Waals surface area contributed by atoms with Crippen LogP contribution in [0.4, 0.5) is 0 Å². The molecule has 0 fully saturated rings. The topological polar surface area (TPSA) is 57.0 Å². The second kappa shape index (κ2) is 8.68. The zero-order valence-corrected chi connectivity index (χ0v) is 15.2. The minimum atomic E-state index is 0.0192. The second-order valence-corrected chi connectivity index (χ2v) is 6.51. The molecule has 0 radical (unpaired) electrons. The van der Waals surface area contributed by atoms with E-state index in [9.17, 15) is 4.79 Å². The summed E-state index contributed by atoms with van der Waals surface area (Å²) in [7, 11) is 0. The largest absolute Gasteiger partial charge is 0.374 e. The molecule has 23 heavy (non-hydrogen) atoms. The van der Waals surface area contributed by atoms with Crippen molar-refractivity contribution in [3.8, 4) is 5.69 Å². The number of Topliss-reactive ketones (excluding diaryl/α,β-unsaturated/α-hetero) is 1. The lowest BCUT2D eigenvalue weighted by Gasteiger charge is -2.11. The molecule has 2 aromatic rings. The van der Waals surface area contributed by atoms with E-state index in [2.05, 4.69) is 10.2 Å². The first-order valence-electron chi connectivity index (χ1n) is 7.03. The monoisotopic (exact) mass is 373 g/mol. The van der Waals surface area contributed by atoms with E-state index in [-0.39, 0.29) is 12.4 Å². The Bertz CT molecular complexity index is 691. The molecular formula is C15H17Cl2N3O2S. The van der Waals surface area contributed by atoms with E-state index >= 15 is 0 Å². The van der Waals surface area contributed by atoms with Crippen LogP contribution in [0.5, 0.6) is 0 Å². The summed E-state index contributed by atoms with van der Waals surface area (Å²) >= 11 is 13.8. The van der Waals surface area contributed by atoms with Crippen LogP contribution in [0.25, 0.3) is 5.69 Å². The highest BCUT2D eigenvalue weighted by Crippen LogP contribution is 2.28. The predicted octanol–water partition coefficient (Wildman–Crippen LogP) is 3.83. The Morgan fingerprint density at radius 2 is 2.13 bits per heavy atom. The number of hydrogen-bond donors (Lipinski definition) is 0. The van der Waals surface area contributed by atoms with E-state index in [4.69, 9.17) is 27.9 Å². The number of benzene rings is 1. The van der Waals surface area contributed by atoms with Gasteiger partial charge in [0.15, 0.2) is 10.9 Å². The maximum atomic E-state index is 10.8. The third kappa shape index (κ3) is 4.94. The molecule has 0 aliphatic carbocycles. The highest BCUT2D eigenvalue weighted by atomic mass is 35.5. The molecule has 1 heterocycles. The summed E-state index contributed by atoms with van der Waals surface area (Å²) in [5.41, 5.74) is 0.796. The molecule has 5 nitrogen and oxygen atoms in total. The quantitative estimate of drug-likeness (QED) is 0.519. The zero-order valence-electron chi connectivity index (χ0n) is 12.9. The molecule has 8 heteroatoms. The van der Waals surface area contributed by atoms with E-state index in [0.717, 1.165) is 23.1 Å². The van der Waals surface area contributed by atoms with Gasteiger partial charge in [-0.15, -0.1) is 10.2 Å². The Morgan fingerprint density at radius 3 is 2.78 bits per heavy atom. The summed E-state index contributed by atoms with van der Waals surface area (Å²) in [5.74, 6) is 0.816. The number of aryl methyl sites for hydroxylation is 1. The van der Waals surface area contributed by atoms with E-state index in [1.165, 1.54) is 18.7 Å². The van der Waals surface area contributed by atoms with E-state index in [0.29, 0.717) is 23.1 Å². The lowest BCUT2D eigenvalue weighted by Crippen LogP contribution is -2.08. The van der Waals surface area contributed by atoms with E-state index < -0.39 is 0 Å². The number of hydrogen-bond acceptors (Lipinski definition) is 5. The molecule has 0 spiro atoms. The predicted molar refractivity (Wildman–Crippen MR) is 93.0 cm³/mol. The second-order valence-electron chi connectivity index (χ2n) is 4.89. The van der Waals surface area contributed by atoms with Crippen LogP contribution in [0.2, 0.25) is 10.0 Å². The Morgan fingerprint density at radius 1 is 1.35 bits per heavy atom. The Kier molecular flexibility index (Phi) is 6.89. The summed E-state index contributed by atoms with van der Waals surface area (Å²) in [6.45, 7) is 2.14. The van der Waals surface area contributed by atoms with Crippen LogP contribution >= 0.6 is 35.0 Å². The molecule has 1 aromatic carbocycles. The number of aromatic nitrogens is 3. The van der Waals surface area contributed by atoms with Gasteiger partial charge in [0.2, 0.25) is 0 Å². The van der Waals surface area contributed by atoms with Gasteiger partial charge in [0.1, 0.15) is 12.4 Å². The van der Waals surface area contributed by atoms with Crippen molar-refractivity contribution in [2.75, 3.05) is 19.5 Å². The molecule has 124 valence electrons. The number of carbonyl (C=O) groups is 1. The molecule has 0 aliphatic rings. The Hall–Kier alpha value is -1.08. The number of thioether (sulfide) groups is 1. The molecule has 0 saturated heterocycles. The van der Waals surface area contributed by atoms with Crippen molar-refractivity contribution in [1.29, 1.82) is 0 Å². The molecule has 0 saturated carbocycles. The fourth-order valence-corrected chi connectivity index (χ4v) is 3.05. The number of nitrogens with zero attached hydrogens (tertiary/aromatic N) is 3. The third-order valence-corrected chi connectivity index (χ3v) is 4.20. The average Bonchev–Trinajstić information content (AvgIpc) is 2.89. The van der Waals surface area contributed by atoms with Gasteiger partial charge in [-0.3, -0.25) is 9.36 Å². The number of rotatable bonds is 8. The highest BCUT2D eigenvalue weighted by Gasteiger charge is 2.15. The summed E-state index contributed by atoms with van der Waals surface area (Å²) < 4.78 is 7.20. The van der Waals surface area contributed by atoms with E-state index in [1.54, 1.807) is 12.1 Å². The third-order valence-electron chi connectivity index (χ3n) is 3.03. The molecular weight excluding hydrogens is 357 g/mol. The summed E-state index contributed by atoms with van der Waals surface area (Å²) in [5, 5.41) is 10.3. The van der Waals surface area contributed by atoms with Crippen LogP contribution in [0.1, 0.15) is 19.2 Å². The van der Waals surface area contributed by atoms with Gasteiger partial charge in [-0.05, 0) is 37.8 Å². The van der Waals surface area contributed by atoms with Crippen LogP contribution in [0.15, 0.2) is 23.4 Å². The van der Waals surface area contributed by atoms with Gasteiger partial charge in [-0.1, -0.05) is 35.0 Å². The van der Waals surface area contributed by atoms with Crippen LogP contribution in [0, 0.1) is 0 Å². The molecule has 0 aliphatic heterocycles. The lowest BCUT2D eigenvalue weighted by atomic mass is 10.2. The van der Waals surface area contributed by atoms with Crippen molar-refractivity contribution in [3.63, 3.8) is 0 Å². The van der Waals surface area contributed by atoms with E-state index in [1.807, 2.05) is 16.9 Å². The van der Waals surface area contributed by atoms with Crippen molar-refractivity contribution in [2.45, 2.75) is 24.9 Å². The molecule has 0 atom stereocenters. The van der Waals surface area contributed by atoms with Crippen LogP contribution < -0.4 is 0 Å². The van der Waals surface area contributed by atoms with Gasteiger partial charge in [0, 0.05) is 18.1 Å². The number of ketones is 1. The first-order chi connectivity index (χ1) is 11.0. The smallest absolute Gasteiger partial charge is 0.195 e. The number of ether oxygens (including phenoxy) is 1. The maximum absolute atomic E-state index is 10.8. The Labute approximate surface area is 149 Å². The maximum Gasteiger partial charge on any atom is 0.195 e. The van der Waals surface area contributed by atoms with Gasteiger partial charge in [0.05, 0.1) is 10.7 Å². The SMILES string of the molecule is CSc1nnc(CCCOCC(C)=O)n1-c1ccc(Cl)cc1Cl. The van der Waals surface area contributed by atoms with Crippen molar-refractivity contribution in [2.24, 2.45) is 0 Å². The Balaban J connectivity index is 2.15. The number of carbonyl (C=O) groups excluding carboxylic acids is 1. The normalized spacial score (nSPS) is 11.0. The lowest BCUT2D eigenvalue weighted by molar-refractivity contribution is -0.121. The molecule has 0 amide bonds. The summed E-state index contributed by atoms with van der Waals surface area (Å²) in [4.78, 5) is 10.8. The number of halogens is 2. The van der Waals surface area contributed by atoms with Crippen LogP contribution in [0.3, 0.4) is 0 Å². The summed E-state index contributed by atoms with van der Waals surface area (Å²) in [6, 6.07) is 5.33. The minimum Gasteiger partial charge on any atom is -0.374 e. The van der Waals surface area contributed by atoms with Crippen LogP contribution in [-0.4, -0.2) is 40.0 Å². The van der Waals surface area contributed by atoms with Crippen molar-refractivity contribution >= 4 is 40.7 Å². The van der Waals surface area contributed by atoms with Gasteiger partial charge < -0.3 is 4.74 Å². The molecule has 1 aromatic heterocycles. The van der Waals surface area contributed by atoms with Crippen molar-refractivity contribution in [1.82, 2.24) is 14.8 Å². The minimum absolute atomic E-state index is 0.0192. The van der Waals surface area contributed by atoms with Crippen molar-refractivity contribution in [3.05, 3.63) is 34.1 Å². The zero-order chi connectivity index (χ0) is 16.8. The first-order valence-corrected chi connectivity index (χ1v) is 9.02. The van der Waals surface area contributed by atoms with Crippen molar-refractivity contribution < 1.29 is 9.53 Å². The van der Waals surface area contributed by atoms with Crippen LogP contribution in [-0.2, 0) is 16.0 Å². The fraction of sp³-hybridized carbons (Fsp3) is 0.400. The van der Waals surface area contributed by atoms with Gasteiger partial charge >= 0.3 is 0 Å². The molecule has 2 rings (SSSR count).